The van der Waals surface area contributed by atoms with E-state index in [0.717, 1.165) is 17.4 Å². The number of Topliss-reactive ketones (excluding diaryl/α,β-unsaturated/α-hetero) is 1. The molecule has 1 N–H and O–H groups in total. The number of aryl methyl sites for hydroxylation is 1. The van der Waals surface area contributed by atoms with E-state index >= 15 is 0 Å². The molecule has 0 aliphatic heterocycles. The minimum Gasteiger partial charge on any atom is -0.359 e. The van der Waals surface area contributed by atoms with Gasteiger partial charge in [-0.25, -0.2) is 4.98 Å². The molecule has 0 unspecified atom stereocenters. The van der Waals surface area contributed by atoms with E-state index < -0.39 is 0 Å². The molecule has 0 bridgehead atoms. The SMILES string of the molecule is Cc1nc(SCC(=O)c2ccc[nH]2)n(CC(C)C)c1C. The van der Waals surface area contributed by atoms with Gasteiger partial charge in [-0.3, -0.25) is 4.79 Å². The van der Waals surface area contributed by atoms with Crippen LogP contribution in [-0.4, -0.2) is 26.1 Å². The Morgan fingerprint density at radius 1 is 1.45 bits per heavy atom. The molecule has 108 valence electrons. The van der Waals surface area contributed by atoms with E-state index in [0.29, 0.717) is 17.4 Å². The lowest BCUT2D eigenvalue weighted by atomic mass is 10.2. The Balaban J connectivity index is 2.09. The van der Waals surface area contributed by atoms with Gasteiger partial charge in [0, 0.05) is 18.4 Å². The molecule has 20 heavy (non-hydrogen) atoms. The summed E-state index contributed by atoms with van der Waals surface area (Å²) in [7, 11) is 0. The van der Waals surface area contributed by atoms with E-state index in [-0.39, 0.29) is 5.78 Å². The summed E-state index contributed by atoms with van der Waals surface area (Å²) in [6.07, 6.45) is 1.77. The van der Waals surface area contributed by atoms with Gasteiger partial charge in [-0.2, -0.15) is 0 Å². The number of nitrogens with zero attached hydrogens (tertiary/aromatic N) is 2. The molecule has 2 aromatic rings. The molecule has 0 fully saturated rings. The highest BCUT2D eigenvalue weighted by atomic mass is 32.2. The number of aromatic amines is 1. The van der Waals surface area contributed by atoms with Crippen LogP contribution in [0.5, 0.6) is 0 Å². The summed E-state index contributed by atoms with van der Waals surface area (Å²) < 4.78 is 2.21. The Bertz CT molecular complexity index is 585. The van der Waals surface area contributed by atoms with E-state index in [1.54, 1.807) is 12.3 Å². The summed E-state index contributed by atoms with van der Waals surface area (Å²) in [4.78, 5) is 19.5. The molecule has 2 aromatic heterocycles. The summed E-state index contributed by atoms with van der Waals surface area (Å²) in [5.74, 6) is 1.07. The number of imidazole rings is 1. The average molecular weight is 291 g/mol. The summed E-state index contributed by atoms with van der Waals surface area (Å²) in [5, 5.41) is 0.939. The quantitative estimate of drug-likeness (QED) is 0.655. The van der Waals surface area contributed by atoms with E-state index in [4.69, 9.17) is 0 Å². The van der Waals surface area contributed by atoms with Crippen molar-refractivity contribution in [3.63, 3.8) is 0 Å². The van der Waals surface area contributed by atoms with Crippen LogP contribution in [0.3, 0.4) is 0 Å². The van der Waals surface area contributed by atoms with E-state index in [1.807, 2.05) is 13.0 Å². The highest BCUT2D eigenvalue weighted by molar-refractivity contribution is 7.99. The van der Waals surface area contributed by atoms with Gasteiger partial charge in [0.1, 0.15) is 0 Å². The van der Waals surface area contributed by atoms with Crippen LogP contribution in [0.25, 0.3) is 0 Å². The molecule has 0 aliphatic carbocycles. The molecule has 5 heteroatoms. The van der Waals surface area contributed by atoms with Crippen molar-refractivity contribution < 1.29 is 4.79 Å². The van der Waals surface area contributed by atoms with Gasteiger partial charge in [-0.1, -0.05) is 25.6 Å². The third kappa shape index (κ3) is 3.33. The molecular weight excluding hydrogens is 270 g/mol. The molecule has 4 nitrogen and oxygen atoms in total. The number of carbonyl (C=O) groups excluding carboxylic acids is 1. The van der Waals surface area contributed by atoms with Crippen LogP contribution >= 0.6 is 11.8 Å². The van der Waals surface area contributed by atoms with Gasteiger partial charge in [0.05, 0.1) is 17.1 Å². The van der Waals surface area contributed by atoms with E-state index in [1.165, 1.54) is 17.5 Å². The minimum atomic E-state index is 0.106. The van der Waals surface area contributed by atoms with Crippen LogP contribution in [0.15, 0.2) is 23.5 Å². The number of nitrogens with one attached hydrogen (secondary N) is 1. The van der Waals surface area contributed by atoms with Gasteiger partial charge >= 0.3 is 0 Å². The van der Waals surface area contributed by atoms with Gasteiger partial charge in [-0.05, 0) is 31.9 Å². The highest BCUT2D eigenvalue weighted by Crippen LogP contribution is 2.23. The molecule has 0 radical (unpaired) electrons. The van der Waals surface area contributed by atoms with Crippen molar-refractivity contribution in [3.05, 3.63) is 35.4 Å². The van der Waals surface area contributed by atoms with Crippen molar-refractivity contribution in [1.82, 2.24) is 14.5 Å². The summed E-state index contributed by atoms with van der Waals surface area (Å²) in [5.41, 5.74) is 2.89. The van der Waals surface area contributed by atoms with Crippen molar-refractivity contribution in [2.45, 2.75) is 39.4 Å². The van der Waals surface area contributed by atoms with Gasteiger partial charge < -0.3 is 9.55 Å². The second-order valence-electron chi connectivity index (χ2n) is 5.37. The Morgan fingerprint density at radius 2 is 2.20 bits per heavy atom. The predicted molar refractivity (Wildman–Crippen MR) is 82.4 cm³/mol. The summed E-state index contributed by atoms with van der Waals surface area (Å²) in [6, 6.07) is 3.64. The smallest absolute Gasteiger partial charge is 0.189 e. The lowest BCUT2D eigenvalue weighted by Gasteiger charge is -2.11. The topological polar surface area (TPSA) is 50.7 Å². The van der Waals surface area contributed by atoms with Gasteiger partial charge in [0.2, 0.25) is 0 Å². The van der Waals surface area contributed by atoms with Crippen LogP contribution in [0, 0.1) is 19.8 Å². The number of hydrogen-bond donors (Lipinski definition) is 1. The highest BCUT2D eigenvalue weighted by Gasteiger charge is 2.15. The van der Waals surface area contributed by atoms with Crippen LogP contribution in [0.2, 0.25) is 0 Å². The zero-order valence-corrected chi connectivity index (χ0v) is 13.3. The summed E-state index contributed by atoms with van der Waals surface area (Å²) >= 11 is 1.51. The van der Waals surface area contributed by atoms with Crippen LogP contribution in [0.1, 0.15) is 35.7 Å². The fourth-order valence-corrected chi connectivity index (χ4v) is 3.01. The zero-order chi connectivity index (χ0) is 14.7. The molecule has 0 spiro atoms. The molecule has 0 saturated carbocycles. The number of ketones is 1. The van der Waals surface area contributed by atoms with Crippen LogP contribution in [0.4, 0.5) is 0 Å². The maximum Gasteiger partial charge on any atom is 0.189 e. The first-order valence-corrected chi connectivity index (χ1v) is 7.80. The fraction of sp³-hybridized carbons (Fsp3) is 0.467. The predicted octanol–water partition coefficient (Wildman–Crippen LogP) is 3.46. The summed E-state index contributed by atoms with van der Waals surface area (Å²) in [6.45, 7) is 9.41. The lowest BCUT2D eigenvalue weighted by molar-refractivity contribution is 0.101. The van der Waals surface area contributed by atoms with Gasteiger partial charge in [0.15, 0.2) is 10.9 Å². The maximum absolute atomic E-state index is 12.0. The lowest BCUT2D eigenvalue weighted by Crippen LogP contribution is -2.09. The van der Waals surface area contributed by atoms with Crippen LogP contribution < -0.4 is 0 Å². The molecule has 0 aliphatic rings. The van der Waals surface area contributed by atoms with Crippen molar-refractivity contribution in [1.29, 1.82) is 0 Å². The molecule has 0 aromatic carbocycles. The first kappa shape index (κ1) is 14.9. The number of rotatable bonds is 6. The van der Waals surface area contributed by atoms with E-state index in [9.17, 15) is 4.79 Å². The average Bonchev–Trinajstić information content (AvgIpc) is 3.00. The number of thioether (sulfide) groups is 1. The van der Waals surface area contributed by atoms with Crippen molar-refractivity contribution >= 4 is 17.5 Å². The van der Waals surface area contributed by atoms with Gasteiger partial charge in [-0.15, -0.1) is 0 Å². The first-order valence-electron chi connectivity index (χ1n) is 6.82. The van der Waals surface area contributed by atoms with Crippen molar-refractivity contribution in [3.8, 4) is 0 Å². The zero-order valence-electron chi connectivity index (χ0n) is 12.4. The standard InChI is InChI=1S/C15H21N3OS/c1-10(2)8-18-12(4)11(3)17-15(18)20-9-14(19)13-6-5-7-16-13/h5-7,10,16H,8-9H2,1-4H3. The molecule has 0 saturated heterocycles. The maximum atomic E-state index is 12.0. The molecule has 2 rings (SSSR count). The Labute approximate surface area is 124 Å². The second kappa shape index (κ2) is 6.31. The Kier molecular flexibility index (Phi) is 4.70. The monoisotopic (exact) mass is 291 g/mol. The largest absolute Gasteiger partial charge is 0.359 e. The molecular formula is C15H21N3OS. The molecule has 2 heterocycles. The normalized spacial score (nSPS) is 11.2. The Hall–Kier alpha value is -1.49. The molecule has 0 atom stereocenters. The van der Waals surface area contributed by atoms with Crippen molar-refractivity contribution in [2.24, 2.45) is 5.92 Å². The van der Waals surface area contributed by atoms with E-state index in [2.05, 4.69) is 35.3 Å². The first-order chi connectivity index (χ1) is 9.49. The third-order valence-electron chi connectivity index (χ3n) is 3.20. The number of hydrogen-bond acceptors (Lipinski definition) is 3. The molecule has 0 amide bonds. The number of H-pyrrole nitrogens is 1. The fourth-order valence-electron chi connectivity index (χ4n) is 2.03. The van der Waals surface area contributed by atoms with Crippen molar-refractivity contribution in [2.75, 3.05) is 5.75 Å². The Morgan fingerprint density at radius 3 is 2.80 bits per heavy atom. The van der Waals surface area contributed by atoms with Crippen LogP contribution in [-0.2, 0) is 6.54 Å². The number of carbonyl (C=O) groups is 1. The number of aromatic nitrogens is 3. The second-order valence-corrected chi connectivity index (χ2v) is 6.31. The minimum absolute atomic E-state index is 0.106. The third-order valence-corrected chi connectivity index (χ3v) is 4.18. The van der Waals surface area contributed by atoms with Gasteiger partial charge in [0.25, 0.3) is 0 Å².